The van der Waals surface area contributed by atoms with Gasteiger partial charge in [0.15, 0.2) is 0 Å². The Bertz CT molecular complexity index is 563. The molecule has 0 radical (unpaired) electrons. The summed E-state index contributed by atoms with van der Waals surface area (Å²) < 4.78 is 0. The Morgan fingerprint density at radius 3 is 2.65 bits per heavy atom. The minimum Gasteiger partial charge on any atom is -0.353 e. The van der Waals surface area contributed by atoms with Crippen molar-refractivity contribution in [2.75, 3.05) is 25.9 Å². The van der Waals surface area contributed by atoms with Crippen LogP contribution in [0.25, 0.3) is 0 Å². The molecule has 6 nitrogen and oxygen atoms in total. The standard InChI is InChI=1S/C16H21N3O3S/c1-12(18(2)10-13-6-4-3-5-7-13)15(21)17-8-9-19-14(20)11-23-16(19)22/h3-7,12H,8-11H2,1-2H3,(H,17,21)/t12-/m1/s1. The lowest BCUT2D eigenvalue weighted by Gasteiger charge is -2.24. The summed E-state index contributed by atoms with van der Waals surface area (Å²) in [5.74, 6) is -0.109. The van der Waals surface area contributed by atoms with Gasteiger partial charge in [0.1, 0.15) is 0 Å². The van der Waals surface area contributed by atoms with E-state index in [0.717, 1.165) is 17.3 Å². The van der Waals surface area contributed by atoms with Gasteiger partial charge in [-0.2, -0.15) is 0 Å². The van der Waals surface area contributed by atoms with Crippen molar-refractivity contribution in [3.05, 3.63) is 35.9 Å². The van der Waals surface area contributed by atoms with Crippen LogP contribution in [0.4, 0.5) is 4.79 Å². The maximum atomic E-state index is 12.2. The van der Waals surface area contributed by atoms with Crippen molar-refractivity contribution in [2.45, 2.75) is 19.5 Å². The van der Waals surface area contributed by atoms with Gasteiger partial charge < -0.3 is 5.32 Å². The van der Waals surface area contributed by atoms with Gasteiger partial charge in [-0.3, -0.25) is 24.2 Å². The zero-order valence-corrected chi connectivity index (χ0v) is 14.1. The van der Waals surface area contributed by atoms with Gasteiger partial charge in [-0.25, -0.2) is 0 Å². The molecule has 0 aliphatic carbocycles. The van der Waals surface area contributed by atoms with Crippen LogP contribution in [0, 0.1) is 0 Å². The van der Waals surface area contributed by atoms with Crippen LogP contribution in [0.5, 0.6) is 0 Å². The summed E-state index contributed by atoms with van der Waals surface area (Å²) in [6, 6.07) is 9.63. The van der Waals surface area contributed by atoms with E-state index in [9.17, 15) is 14.4 Å². The quantitative estimate of drug-likeness (QED) is 0.814. The molecule has 1 aliphatic heterocycles. The van der Waals surface area contributed by atoms with Crippen LogP contribution in [-0.4, -0.2) is 58.8 Å². The van der Waals surface area contributed by atoms with Crippen LogP contribution < -0.4 is 5.32 Å². The highest BCUT2D eigenvalue weighted by atomic mass is 32.2. The maximum absolute atomic E-state index is 12.2. The first-order valence-corrected chi connectivity index (χ1v) is 8.46. The SMILES string of the molecule is C[C@H](C(=O)NCCN1C(=O)CSC1=O)N(C)Cc1ccccc1. The van der Waals surface area contributed by atoms with Crippen LogP contribution in [0.1, 0.15) is 12.5 Å². The number of thioether (sulfide) groups is 1. The van der Waals surface area contributed by atoms with Crippen LogP contribution in [0.3, 0.4) is 0 Å². The Morgan fingerprint density at radius 2 is 2.04 bits per heavy atom. The second kappa shape index (κ2) is 8.12. The van der Waals surface area contributed by atoms with Gasteiger partial charge in [0.05, 0.1) is 11.8 Å². The fourth-order valence-electron chi connectivity index (χ4n) is 2.24. The smallest absolute Gasteiger partial charge is 0.288 e. The van der Waals surface area contributed by atoms with Crippen LogP contribution in [0.2, 0.25) is 0 Å². The number of rotatable bonds is 7. The number of nitrogens with zero attached hydrogens (tertiary/aromatic N) is 2. The average Bonchev–Trinajstić information content (AvgIpc) is 2.86. The summed E-state index contributed by atoms with van der Waals surface area (Å²) in [6.45, 7) is 3.02. The summed E-state index contributed by atoms with van der Waals surface area (Å²) in [6.07, 6.45) is 0. The van der Waals surface area contributed by atoms with E-state index < -0.39 is 0 Å². The molecule has 1 aromatic carbocycles. The number of carbonyl (C=O) groups is 3. The number of hydrogen-bond donors (Lipinski definition) is 1. The predicted molar refractivity (Wildman–Crippen MR) is 89.9 cm³/mol. The zero-order valence-electron chi connectivity index (χ0n) is 13.3. The summed E-state index contributed by atoms with van der Waals surface area (Å²) in [5.41, 5.74) is 1.14. The number of benzene rings is 1. The highest BCUT2D eigenvalue weighted by Gasteiger charge is 2.29. The van der Waals surface area contributed by atoms with Crippen molar-refractivity contribution in [2.24, 2.45) is 0 Å². The second-order valence-corrected chi connectivity index (χ2v) is 6.39. The number of imide groups is 1. The second-order valence-electron chi connectivity index (χ2n) is 5.47. The fraction of sp³-hybridized carbons (Fsp3) is 0.438. The van der Waals surface area contributed by atoms with E-state index in [2.05, 4.69) is 5.32 Å². The van der Waals surface area contributed by atoms with E-state index in [1.165, 1.54) is 4.90 Å². The number of amides is 3. The van der Waals surface area contributed by atoms with E-state index in [0.29, 0.717) is 6.54 Å². The Morgan fingerprint density at radius 1 is 1.35 bits per heavy atom. The van der Waals surface area contributed by atoms with E-state index in [1.54, 1.807) is 0 Å². The fourth-order valence-corrected chi connectivity index (χ4v) is 3.00. The Hall–Kier alpha value is -1.86. The van der Waals surface area contributed by atoms with Gasteiger partial charge in [0, 0.05) is 19.6 Å². The molecule has 0 unspecified atom stereocenters. The van der Waals surface area contributed by atoms with Crippen molar-refractivity contribution < 1.29 is 14.4 Å². The van der Waals surface area contributed by atoms with Gasteiger partial charge >= 0.3 is 0 Å². The molecule has 1 atom stereocenters. The first-order valence-electron chi connectivity index (χ1n) is 7.48. The summed E-state index contributed by atoms with van der Waals surface area (Å²) in [5, 5.41) is 2.54. The maximum Gasteiger partial charge on any atom is 0.288 e. The average molecular weight is 335 g/mol. The first-order chi connectivity index (χ1) is 11.0. The number of nitrogens with one attached hydrogen (secondary N) is 1. The van der Waals surface area contributed by atoms with Crippen molar-refractivity contribution in [1.82, 2.24) is 15.1 Å². The molecule has 1 N–H and O–H groups in total. The molecular weight excluding hydrogens is 314 g/mol. The van der Waals surface area contributed by atoms with Crippen molar-refractivity contribution in [3.63, 3.8) is 0 Å². The summed E-state index contributed by atoms with van der Waals surface area (Å²) >= 11 is 1.00. The lowest BCUT2D eigenvalue weighted by atomic mass is 10.2. The van der Waals surface area contributed by atoms with E-state index in [1.807, 2.05) is 49.2 Å². The van der Waals surface area contributed by atoms with Crippen molar-refractivity contribution >= 4 is 28.8 Å². The highest BCUT2D eigenvalue weighted by molar-refractivity contribution is 8.14. The Labute approximate surface area is 140 Å². The molecule has 0 aromatic heterocycles. The summed E-state index contributed by atoms with van der Waals surface area (Å²) in [4.78, 5) is 38.2. The van der Waals surface area contributed by atoms with E-state index in [4.69, 9.17) is 0 Å². The molecule has 1 aromatic rings. The van der Waals surface area contributed by atoms with Gasteiger partial charge in [0.25, 0.3) is 5.24 Å². The van der Waals surface area contributed by atoms with Gasteiger partial charge in [-0.15, -0.1) is 0 Å². The third kappa shape index (κ3) is 4.80. The molecule has 23 heavy (non-hydrogen) atoms. The normalized spacial score (nSPS) is 16.0. The molecule has 1 saturated heterocycles. The number of likely N-dealkylation sites (N-methyl/N-ethyl adjacent to an activating group) is 1. The Balaban J connectivity index is 1.76. The molecule has 0 spiro atoms. The van der Waals surface area contributed by atoms with Gasteiger partial charge in [0.2, 0.25) is 11.8 Å². The number of carbonyl (C=O) groups excluding carboxylic acids is 3. The minimum atomic E-state index is -0.297. The molecule has 1 aliphatic rings. The zero-order chi connectivity index (χ0) is 16.8. The molecule has 0 bridgehead atoms. The lowest BCUT2D eigenvalue weighted by Crippen LogP contribution is -2.45. The monoisotopic (exact) mass is 335 g/mol. The van der Waals surface area contributed by atoms with Gasteiger partial charge in [-0.05, 0) is 19.5 Å². The van der Waals surface area contributed by atoms with Crippen LogP contribution in [-0.2, 0) is 16.1 Å². The summed E-state index contributed by atoms with van der Waals surface area (Å²) in [7, 11) is 1.89. The van der Waals surface area contributed by atoms with E-state index >= 15 is 0 Å². The van der Waals surface area contributed by atoms with Crippen LogP contribution in [0.15, 0.2) is 30.3 Å². The molecule has 0 saturated carbocycles. The molecule has 1 heterocycles. The first kappa shape index (κ1) is 17.5. The third-order valence-corrected chi connectivity index (χ3v) is 4.65. The molecule has 2 rings (SSSR count). The molecule has 3 amide bonds. The lowest BCUT2D eigenvalue weighted by molar-refractivity contribution is -0.127. The predicted octanol–water partition coefficient (Wildman–Crippen LogP) is 1.32. The van der Waals surface area contributed by atoms with Gasteiger partial charge in [-0.1, -0.05) is 42.1 Å². The molecule has 124 valence electrons. The number of hydrogen-bond acceptors (Lipinski definition) is 5. The van der Waals surface area contributed by atoms with Crippen molar-refractivity contribution in [3.8, 4) is 0 Å². The molecular formula is C16H21N3O3S. The van der Waals surface area contributed by atoms with E-state index in [-0.39, 0.29) is 41.9 Å². The highest BCUT2D eigenvalue weighted by Crippen LogP contribution is 2.17. The largest absolute Gasteiger partial charge is 0.353 e. The molecule has 1 fully saturated rings. The third-order valence-electron chi connectivity index (χ3n) is 3.79. The van der Waals surface area contributed by atoms with Crippen LogP contribution >= 0.6 is 11.8 Å². The Kier molecular flexibility index (Phi) is 6.18. The van der Waals surface area contributed by atoms with Crippen molar-refractivity contribution in [1.29, 1.82) is 0 Å². The topological polar surface area (TPSA) is 69.7 Å². The molecule has 7 heteroatoms. The minimum absolute atomic E-state index is 0.116.